The molecule has 0 bridgehead atoms. The number of aryl methyl sites for hydroxylation is 2. The van der Waals surface area contributed by atoms with E-state index in [4.69, 9.17) is 4.98 Å². The molecule has 4 rings (SSSR count). The van der Waals surface area contributed by atoms with E-state index in [2.05, 4.69) is 80.4 Å². The van der Waals surface area contributed by atoms with E-state index in [0.29, 0.717) is 0 Å². The van der Waals surface area contributed by atoms with Crippen LogP contribution in [0.4, 0.5) is 0 Å². The number of rotatable bonds is 3. The normalized spacial score (nSPS) is 14.1. The van der Waals surface area contributed by atoms with Gasteiger partial charge in [0.15, 0.2) is 0 Å². The minimum Gasteiger partial charge on any atom is -0.256 e. The molecule has 2 aromatic carbocycles. The molecule has 0 radical (unpaired) electrons. The zero-order valence-electron chi connectivity index (χ0n) is 16.0. The van der Waals surface area contributed by atoms with E-state index in [1.807, 2.05) is 0 Å². The summed E-state index contributed by atoms with van der Waals surface area (Å²) in [5, 5.41) is 1.45. The van der Waals surface area contributed by atoms with E-state index in [-0.39, 0.29) is 0 Å². The summed E-state index contributed by atoms with van der Waals surface area (Å²) < 4.78 is 0. The van der Waals surface area contributed by atoms with E-state index < -0.39 is 8.07 Å². The molecular formula is C24H27NSi. The molecule has 1 aliphatic rings. The fraction of sp³-hybridized carbons (Fsp3) is 0.292. The molecule has 0 spiro atoms. The number of hydrogen-bond donors (Lipinski definition) is 0. The molecule has 0 unspecified atom stereocenters. The van der Waals surface area contributed by atoms with Crippen molar-refractivity contribution in [3.05, 3.63) is 71.9 Å². The molecular weight excluding hydrogens is 330 g/mol. The SMILES string of the molecule is C[Si](C)(C)c1cnc(-c2ccccc2)cc1-c1ccc2c(c1)CCCC2. The largest absolute Gasteiger partial charge is 0.256 e. The lowest BCUT2D eigenvalue weighted by Crippen LogP contribution is -2.39. The molecule has 0 N–H and O–H groups in total. The maximum atomic E-state index is 4.82. The number of hydrogen-bond acceptors (Lipinski definition) is 1. The Kier molecular flexibility index (Phi) is 4.54. The third-order valence-corrected chi connectivity index (χ3v) is 7.46. The lowest BCUT2D eigenvalue weighted by atomic mass is 9.89. The molecule has 0 amide bonds. The van der Waals surface area contributed by atoms with Gasteiger partial charge in [0.1, 0.15) is 0 Å². The van der Waals surface area contributed by atoms with Gasteiger partial charge in [0.05, 0.1) is 13.8 Å². The van der Waals surface area contributed by atoms with Crippen molar-refractivity contribution in [2.24, 2.45) is 0 Å². The average molecular weight is 358 g/mol. The molecule has 0 atom stereocenters. The first-order valence-corrected chi connectivity index (χ1v) is 13.2. The zero-order chi connectivity index (χ0) is 18.1. The van der Waals surface area contributed by atoms with Crippen molar-refractivity contribution in [1.82, 2.24) is 4.98 Å². The molecule has 1 aromatic heterocycles. The summed E-state index contributed by atoms with van der Waals surface area (Å²) >= 11 is 0. The van der Waals surface area contributed by atoms with Gasteiger partial charge in [-0.15, -0.1) is 0 Å². The van der Waals surface area contributed by atoms with Gasteiger partial charge in [0, 0.05) is 11.8 Å². The summed E-state index contributed by atoms with van der Waals surface area (Å²) in [4.78, 5) is 4.82. The predicted molar refractivity (Wildman–Crippen MR) is 115 cm³/mol. The maximum Gasteiger partial charge on any atom is 0.0804 e. The lowest BCUT2D eigenvalue weighted by Gasteiger charge is -2.23. The van der Waals surface area contributed by atoms with Gasteiger partial charge in [-0.1, -0.05) is 68.2 Å². The van der Waals surface area contributed by atoms with Gasteiger partial charge in [-0.2, -0.15) is 0 Å². The van der Waals surface area contributed by atoms with Crippen molar-refractivity contribution in [2.75, 3.05) is 0 Å². The number of benzene rings is 2. The molecule has 0 saturated heterocycles. The Morgan fingerprint density at radius 2 is 1.50 bits per heavy atom. The Hall–Kier alpha value is -2.19. The van der Waals surface area contributed by atoms with Crippen LogP contribution in [0.25, 0.3) is 22.4 Å². The van der Waals surface area contributed by atoms with Crippen molar-refractivity contribution in [2.45, 2.75) is 45.3 Å². The highest BCUT2D eigenvalue weighted by atomic mass is 28.3. The number of pyridine rings is 1. The van der Waals surface area contributed by atoms with E-state index in [1.54, 1.807) is 11.1 Å². The van der Waals surface area contributed by atoms with Gasteiger partial charge in [0.25, 0.3) is 0 Å². The molecule has 0 fully saturated rings. The lowest BCUT2D eigenvalue weighted by molar-refractivity contribution is 0.686. The van der Waals surface area contributed by atoms with Crippen molar-refractivity contribution in [3.63, 3.8) is 0 Å². The molecule has 0 aliphatic heterocycles. The Morgan fingerprint density at radius 1 is 0.769 bits per heavy atom. The van der Waals surface area contributed by atoms with Crippen molar-refractivity contribution in [3.8, 4) is 22.4 Å². The van der Waals surface area contributed by atoms with Gasteiger partial charge in [-0.25, -0.2) is 0 Å². The Bertz CT molecular complexity index is 923. The molecule has 1 aliphatic carbocycles. The molecule has 132 valence electrons. The highest BCUT2D eigenvalue weighted by Crippen LogP contribution is 2.29. The molecule has 2 heteroatoms. The maximum absolute atomic E-state index is 4.82. The Morgan fingerprint density at radius 3 is 2.23 bits per heavy atom. The van der Waals surface area contributed by atoms with Gasteiger partial charge < -0.3 is 0 Å². The van der Waals surface area contributed by atoms with Gasteiger partial charge in [-0.05, 0) is 59.2 Å². The van der Waals surface area contributed by atoms with E-state index in [9.17, 15) is 0 Å². The van der Waals surface area contributed by atoms with Crippen LogP contribution in [0.15, 0.2) is 60.8 Å². The fourth-order valence-electron chi connectivity index (χ4n) is 3.96. The number of aromatic nitrogens is 1. The van der Waals surface area contributed by atoms with Crippen molar-refractivity contribution >= 4 is 13.3 Å². The van der Waals surface area contributed by atoms with E-state index in [0.717, 1.165) is 5.69 Å². The summed E-state index contributed by atoms with van der Waals surface area (Å²) in [7, 11) is -1.48. The second-order valence-corrected chi connectivity index (χ2v) is 13.5. The molecule has 3 aromatic rings. The summed E-state index contributed by atoms with van der Waals surface area (Å²) in [6.07, 6.45) is 7.26. The second kappa shape index (κ2) is 6.84. The van der Waals surface area contributed by atoms with Gasteiger partial charge >= 0.3 is 0 Å². The minimum atomic E-state index is -1.48. The van der Waals surface area contributed by atoms with Gasteiger partial charge in [-0.3, -0.25) is 4.98 Å². The van der Waals surface area contributed by atoms with Crippen LogP contribution < -0.4 is 5.19 Å². The monoisotopic (exact) mass is 357 g/mol. The molecule has 1 nitrogen and oxygen atoms in total. The van der Waals surface area contributed by atoms with Crippen LogP contribution in [0.3, 0.4) is 0 Å². The first-order valence-electron chi connectivity index (χ1n) is 9.70. The van der Waals surface area contributed by atoms with Crippen LogP contribution in [-0.2, 0) is 12.8 Å². The Labute approximate surface area is 158 Å². The van der Waals surface area contributed by atoms with Crippen LogP contribution in [0.1, 0.15) is 24.0 Å². The quantitative estimate of drug-likeness (QED) is 0.537. The standard InChI is InChI=1S/C24H27NSi/c1-26(2,3)24-17-25-23(19-10-5-4-6-11-19)16-22(24)21-14-13-18-9-7-8-12-20(18)15-21/h4-6,10-11,13-17H,7-9,12H2,1-3H3. The smallest absolute Gasteiger partial charge is 0.0804 e. The van der Waals surface area contributed by atoms with Crippen LogP contribution in [-0.4, -0.2) is 13.1 Å². The summed E-state index contributed by atoms with van der Waals surface area (Å²) in [6.45, 7) is 7.23. The summed E-state index contributed by atoms with van der Waals surface area (Å²) in [5.74, 6) is 0. The van der Waals surface area contributed by atoms with Crippen molar-refractivity contribution in [1.29, 1.82) is 0 Å². The number of fused-ring (bicyclic) bond motifs is 1. The number of nitrogens with zero attached hydrogens (tertiary/aromatic N) is 1. The van der Waals surface area contributed by atoms with E-state index in [1.165, 1.54) is 47.6 Å². The summed E-state index contributed by atoms with van der Waals surface area (Å²) in [6, 6.07) is 20.0. The highest BCUT2D eigenvalue weighted by Gasteiger charge is 2.23. The minimum absolute atomic E-state index is 1.07. The van der Waals surface area contributed by atoms with Crippen LogP contribution >= 0.6 is 0 Å². The first kappa shape index (κ1) is 17.2. The third-order valence-electron chi connectivity index (χ3n) is 5.44. The molecule has 0 saturated carbocycles. The molecule has 26 heavy (non-hydrogen) atoms. The first-order chi connectivity index (χ1) is 12.5. The summed E-state index contributed by atoms with van der Waals surface area (Å²) in [5.41, 5.74) is 8.10. The van der Waals surface area contributed by atoms with Crippen LogP contribution in [0.5, 0.6) is 0 Å². The third kappa shape index (κ3) is 3.39. The Balaban J connectivity index is 1.87. The fourth-order valence-corrected chi connectivity index (χ4v) is 5.44. The highest BCUT2D eigenvalue weighted by molar-refractivity contribution is 6.89. The second-order valence-electron chi connectivity index (χ2n) is 8.42. The van der Waals surface area contributed by atoms with Gasteiger partial charge in [0.2, 0.25) is 0 Å². The predicted octanol–water partition coefficient (Wildman–Crippen LogP) is 5.84. The van der Waals surface area contributed by atoms with E-state index >= 15 is 0 Å². The average Bonchev–Trinajstić information content (AvgIpc) is 2.67. The van der Waals surface area contributed by atoms with Crippen LogP contribution in [0, 0.1) is 0 Å². The van der Waals surface area contributed by atoms with Crippen molar-refractivity contribution < 1.29 is 0 Å². The molecule has 1 heterocycles. The topological polar surface area (TPSA) is 12.9 Å². The zero-order valence-corrected chi connectivity index (χ0v) is 17.0. The van der Waals surface area contributed by atoms with Crippen LogP contribution in [0.2, 0.25) is 19.6 Å².